The lowest BCUT2D eigenvalue weighted by Crippen LogP contribution is -2.30. The molecule has 200 valence electrons. The van der Waals surface area contributed by atoms with E-state index in [-0.39, 0.29) is 17.0 Å². The number of carbonyl (C=O) groups is 1. The van der Waals surface area contributed by atoms with Gasteiger partial charge in [0.1, 0.15) is 17.1 Å². The summed E-state index contributed by atoms with van der Waals surface area (Å²) in [7, 11) is -3.59. The third-order valence-corrected chi connectivity index (χ3v) is 9.18. The second-order valence-electron chi connectivity index (χ2n) is 8.51. The first-order valence-electron chi connectivity index (χ1n) is 12.3. The Hall–Kier alpha value is -3.54. The number of amides is 1. The highest BCUT2D eigenvalue weighted by atomic mass is 32.2. The van der Waals surface area contributed by atoms with Crippen molar-refractivity contribution in [1.29, 1.82) is 0 Å². The van der Waals surface area contributed by atoms with Crippen LogP contribution in [-0.4, -0.2) is 47.9 Å². The maximum absolute atomic E-state index is 13.4. The van der Waals surface area contributed by atoms with Gasteiger partial charge in [-0.2, -0.15) is 4.31 Å². The SMILES string of the molecule is CCOc1ccc(-c2c(C)sc3ncn(CC(=O)Nc4ccc(S(=O)(=O)N(CC)CC)cc4)c(=O)c23)cc1. The van der Waals surface area contributed by atoms with Crippen LogP contribution in [0.4, 0.5) is 5.69 Å². The molecule has 0 radical (unpaired) electrons. The van der Waals surface area contributed by atoms with Crippen molar-refractivity contribution in [2.45, 2.75) is 39.1 Å². The molecule has 1 amide bonds. The van der Waals surface area contributed by atoms with Gasteiger partial charge in [-0.1, -0.05) is 26.0 Å². The molecule has 4 rings (SSSR count). The summed E-state index contributed by atoms with van der Waals surface area (Å²) in [5, 5.41) is 3.20. The standard InChI is InChI=1S/C27H30N4O5S2/c1-5-31(6-2)38(34,35)22-14-10-20(11-15-22)29-23(32)16-30-17-28-26-25(27(30)33)24(18(4)37-26)19-8-12-21(13-9-19)36-7-3/h8-15,17H,5-7,16H2,1-4H3,(H,29,32). The van der Waals surface area contributed by atoms with E-state index in [1.54, 1.807) is 13.8 Å². The number of thiophene rings is 1. The summed E-state index contributed by atoms with van der Waals surface area (Å²) in [4.78, 5) is 32.3. The number of anilines is 1. The molecule has 38 heavy (non-hydrogen) atoms. The molecule has 0 aliphatic carbocycles. The number of hydrogen-bond donors (Lipinski definition) is 1. The minimum atomic E-state index is -3.59. The van der Waals surface area contributed by atoms with Crippen LogP contribution >= 0.6 is 11.3 Å². The van der Waals surface area contributed by atoms with Crippen LogP contribution in [0.2, 0.25) is 0 Å². The maximum Gasteiger partial charge on any atom is 0.263 e. The van der Waals surface area contributed by atoms with Crippen molar-refractivity contribution in [3.8, 4) is 16.9 Å². The second kappa shape index (κ2) is 11.5. The molecule has 0 fully saturated rings. The second-order valence-corrected chi connectivity index (χ2v) is 11.7. The number of carbonyl (C=O) groups excluding carboxylic acids is 1. The van der Waals surface area contributed by atoms with Crippen LogP contribution in [0.1, 0.15) is 25.6 Å². The van der Waals surface area contributed by atoms with Crippen LogP contribution in [0.5, 0.6) is 5.75 Å². The first-order chi connectivity index (χ1) is 18.2. The fourth-order valence-corrected chi connectivity index (χ4v) is 6.72. The summed E-state index contributed by atoms with van der Waals surface area (Å²) in [6.07, 6.45) is 1.38. The molecule has 0 saturated carbocycles. The zero-order chi connectivity index (χ0) is 27.4. The molecule has 2 aromatic carbocycles. The van der Waals surface area contributed by atoms with Gasteiger partial charge in [0.25, 0.3) is 5.56 Å². The van der Waals surface area contributed by atoms with Crippen molar-refractivity contribution in [3.05, 3.63) is 70.1 Å². The maximum atomic E-state index is 13.4. The van der Waals surface area contributed by atoms with Crippen LogP contribution in [0.3, 0.4) is 0 Å². The third-order valence-electron chi connectivity index (χ3n) is 6.10. The van der Waals surface area contributed by atoms with Crippen LogP contribution in [0.15, 0.2) is 64.5 Å². The Bertz CT molecular complexity index is 1600. The van der Waals surface area contributed by atoms with E-state index in [0.717, 1.165) is 21.8 Å². The Kier molecular flexibility index (Phi) is 8.29. The van der Waals surface area contributed by atoms with Crippen molar-refractivity contribution in [1.82, 2.24) is 13.9 Å². The zero-order valence-corrected chi connectivity index (χ0v) is 23.4. The smallest absolute Gasteiger partial charge is 0.263 e. The first kappa shape index (κ1) is 27.5. The van der Waals surface area contributed by atoms with E-state index in [9.17, 15) is 18.0 Å². The lowest BCUT2D eigenvalue weighted by Gasteiger charge is -2.18. The minimum Gasteiger partial charge on any atom is -0.494 e. The summed E-state index contributed by atoms with van der Waals surface area (Å²) < 4.78 is 33.5. The highest BCUT2D eigenvalue weighted by Crippen LogP contribution is 2.36. The Labute approximate surface area is 225 Å². The van der Waals surface area contributed by atoms with E-state index >= 15 is 0 Å². The molecule has 11 heteroatoms. The number of rotatable bonds is 10. The summed E-state index contributed by atoms with van der Waals surface area (Å²) in [5.41, 5.74) is 1.79. The van der Waals surface area contributed by atoms with Gasteiger partial charge >= 0.3 is 0 Å². The normalized spacial score (nSPS) is 11.7. The number of ether oxygens (including phenoxy) is 1. The Morgan fingerprint density at radius 2 is 1.71 bits per heavy atom. The lowest BCUT2D eigenvalue weighted by molar-refractivity contribution is -0.116. The average Bonchev–Trinajstić information content (AvgIpc) is 3.24. The van der Waals surface area contributed by atoms with Gasteiger partial charge in [-0.15, -0.1) is 11.3 Å². The van der Waals surface area contributed by atoms with Gasteiger partial charge in [-0.05, 0) is 55.8 Å². The number of sulfonamides is 1. The van der Waals surface area contributed by atoms with Crippen molar-refractivity contribution >= 4 is 43.2 Å². The number of benzene rings is 2. The fourth-order valence-electron chi connectivity index (χ4n) is 4.26. The van der Waals surface area contributed by atoms with E-state index in [0.29, 0.717) is 35.6 Å². The lowest BCUT2D eigenvalue weighted by atomic mass is 10.0. The molecule has 2 aromatic heterocycles. The van der Waals surface area contributed by atoms with Gasteiger partial charge in [0.05, 0.1) is 23.2 Å². The van der Waals surface area contributed by atoms with E-state index in [1.165, 1.54) is 50.8 Å². The van der Waals surface area contributed by atoms with Crippen LogP contribution < -0.4 is 15.6 Å². The molecule has 4 aromatic rings. The van der Waals surface area contributed by atoms with Crippen molar-refractivity contribution < 1.29 is 17.9 Å². The van der Waals surface area contributed by atoms with Gasteiger partial charge in [0.15, 0.2) is 0 Å². The van der Waals surface area contributed by atoms with Crippen LogP contribution in [0, 0.1) is 6.92 Å². The molecule has 9 nitrogen and oxygen atoms in total. The molecule has 0 spiro atoms. The number of fused-ring (bicyclic) bond motifs is 1. The predicted octanol–water partition coefficient (Wildman–Crippen LogP) is 4.50. The summed E-state index contributed by atoms with van der Waals surface area (Å²) in [6, 6.07) is 13.5. The molecule has 0 bridgehead atoms. The average molecular weight is 555 g/mol. The van der Waals surface area contributed by atoms with Gasteiger partial charge in [-0.25, -0.2) is 13.4 Å². The van der Waals surface area contributed by atoms with Crippen molar-refractivity contribution in [3.63, 3.8) is 0 Å². The molecule has 0 saturated heterocycles. The molecular weight excluding hydrogens is 524 g/mol. The molecule has 0 aliphatic heterocycles. The number of aromatic nitrogens is 2. The number of aryl methyl sites for hydroxylation is 1. The van der Waals surface area contributed by atoms with Gasteiger partial charge in [0, 0.05) is 29.2 Å². The van der Waals surface area contributed by atoms with Crippen molar-refractivity contribution in [2.24, 2.45) is 0 Å². The molecule has 0 unspecified atom stereocenters. The van der Waals surface area contributed by atoms with Gasteiger partial charge in [-0.3, -0.25) is 14.2 Å². The molecule has 0 atom stereocenters. The molecule has 1 N–H and O–H groups in total. The summed E-state index contributed by atoms with van der Waals surface area (Å²) in [5.74, 6) is 0.321. The first-order valence-corrected chi connectivity index (χ1v) is 14.6. The van der Waals surface area contributed by atoms with Gasteiger partial charge in [0.2, 0.25) is 15.9 Å². The fraction of sp³-hybridized carbons (Fsp3) is 0.296. The topological polar surface area (TPSA) is 111 Å². The molecule has 0 aliphatic rings. The van der Waals surface area contributed by atoms with Crippen LogP contribution in [-0.2, 0) is 21.4 Å². The summed E-state index contributed by atoms with van der Waals surface area (Å²) in [6.45, 7) is 8.49. The van der Waals surface area contributed by atoms with Crippen LogP contribution in [0.25, 0.3) is 21.3 Å². The van der Waals surface area contributed by atoms with Crippen molar-refractivity contribution in [2.75, 3.05) is 25.0 Å². The molecule has 2 heterocycles. The number of hydrogen-bond acceptors (Lipinski definition) is 7. The van der Waals surface area contributed by atoms with E-state index in [1.807, 2.05) is 38.1 Å². The van der Waals surface area contributed by atoms with Gasteiger partial charge < -0.3 is 10.1 Å². The largest absolute Gasteiger partial charge is 0.494 e. The Morgan fingerprint density at radius 3 is 2.32 bits per heavy atom. The Balaban J connectivity index is 1.56. The van der Waals surface area contributed by atoms with E-state index < -0.39 is 15.9 Å². The molecular formula is C27H30N4O5S2. The van der Waals surface area contributed by atoms with E-state index in [4.69, 9.17) is 4.74 Å². The monoisotopic (exact) mass is 554 g/mol. The number of nitrogens with one attached hydrogen (secondary N) is 1. The summed E-state index contributed by atoms with van der Waals surface area (Å²) >= 11 is 1.43. The highest BCUT2D eigenvalue weighted by molar-refractivity contribution is 7.89. The Morgan fingerprint density at radius 1 is 1.05 bits per heavy atom. The number of nitrogens with zero attached hydrogens (tertiary/aromatic N) is 3. The predicted molar refractivity (Wildman–Crippen MR) is 150 cm³/mol. The minimum absolute atomic E-state index is 0.153. The third kappa shape index (κ3) is 5.50. The quantitative estimate of drug-likeness (QED) is 0.309. The zero-order valence-electron chi connectivity index (χ0n) is 21.7. The highest BCUT2D eigenvalue weighted by Gasteiger charge is 2.22. The van der Waals surface area contributed by atoms with E-state index in [2.05, 4.69) is 10.3 Å².